The molecule has 0 aliphatic carbocycles. The normalized spacial score (nSPS) is 16.0. The summed E-state index contributed by atoms with van der Waals surface area (Å²) in [6.45, 7) is 22.9. The van der Waals surface area contributed by atoms with Crippen molar-refractivity contribution in [2.75, 3.05) is 130 Å². The first-order valence-corrected chi connectivity index (χ1v) is 39.8. The second-order valence-corrected chi connectivity index (χ2v) is 35.0. The predicted octanol–water partition coefficient (Wildman–Crippen LogP) is 11.4. The van der Waals surface area contributed by atoms with E-state index in [2.05, 4.69) is 72.9 Å². The molecule has 0 spiro atoms. The highest BCUT2D eigenvalue weighted by Gasteiger charge is 2.34. The minimum Gasteiger partial charge on any atom is -0.386 e. The van der Waals surface area contributed by atoms with E-state index in [1.807, 2.05) is 98.8 Å². The zero-order valence-electron chi connectivity index (χ0n) is 59.7. The van der Waals surface area contributed by atoms with Gasteiger partial charge in [0.1, 0.15) is 14.7 Å². The van der Waals surface area contributed by atoms with Gasteiger partial charge in [0, 0.05) is 157 Å². The van der Waals surface area contributed by atoms with Crippen molar-refractivity contribution >= 4 is 109 Å². The fourth-order valence-corrected chi connectivity index (χ4v) is 16.1. The van der Waals surface area contributed by atoms with Gasteiger partial charge in [0.05, 0.1) is 22.4 Å². The first kappa shape index (κ1) is 87.3. The van der Waals surface area contributed by atoms with Crippen molar-refractivity contribution in [1.29, 1.82) is 0 Å². The van der Waals surface area contributed by atoms with Crippen LogP contribution in [0.5, 0.6) is 0 Å². The van der Waals surface area contributed by atoms with Gasteiger partial charge in [-0.25, -0.2) is 62.8 Å². The molecule has 0 radical (unpaired) electrons. The van der Waals surface area contributed by atoms with Crippen molar-refractivity contribution in [3.63, 3.8) is 0 Å². The van der Waals surface area contributed by atoms with Crippen LogP contribution in [-0.4, -0.2) is 183 Å². The highest BCUT2D eigenvalue weighted by molar-refractivity contribution is 9.10. The zero-order valence-corrected chi connectivity index (χ0v) is 66.0. The van der Waals surface area contributed by atoms with Crippen LogP contribution in [0.25, 0.3) is 0 Å². The van der Waals surface area contributed by atoms with E-state index in [4.69, 9.17) is 40.5 Å². The number of piperazine rings is 4. The maximum absolute atomic E-state index is 13.6. The molecule has 4 aliphatic rings. The van der Waals surface area contributed by atoms with Crippen LogP contribution in [0.2, 0.25) is 15.5 Å². The Morgan fingerprint density at radius 1 is 0.383 bits per heavy atom. The molecule has 107 heavy (non-hydrogen) atoms. The molecule has 4 aromatic carbocycles. The maximum atomic E-state index is 13.6. The number of halogens is 8. The summed E-state index contributed by atoms with van der Waals surface area (Å²) in [5, 5.41) is 42.5. The first-order chi connectivity index (χ1) is 49.5. The van der Waals surface area contributed by atoms with Gasteiger partial charge < -0.3 is 51.1 Å². The van der Waals surface area contributed by atoms with Crippen LogP contribution in [0, 0.1) is 23.3 Å². The second-order valence-electron chi connectivity index (χ2n) is 27.2. The Hall–Kier alpha value is -6.92. The third kappa shape index (κ3) is 23.6. The van der Waals surface area contributed by atoms with Crippen molar-refractivity contribution < 1.29 is 63.2 Å². The number of nitrogens with zero attached hydrogens (tertiary/aromatic N) is 11. The summed E-state index contributed by atoms with van der Waals surface area (Å²) in [7, 11) is -11.5. The fourth-order valence-electron chi connectivity index (χ4n) is 11.3. The van der Waals surface area contributed by atoms with E-state index in [0.717, 1.165) is 102 Å². The van der Waals surface area contributed by atoms with Crippen molar-refractivity contribution in [3.05, 3.63) is 212 Å². The Bertz CT molecular complexity index is 4250. The number of anilines is 5. The molecule has 8 aromatic rings. The largest absolute Gasteiger partial charge is 0.386 e. The van der Waals surface area contributed by atoms with E-state index in [9.17, 15) is 63.2 Å². The number of sulfonamides is 3. The first-order valence-electron chi connectivity index (χ1n) is 33.6. The lowest BCUT2D eigenvalue weighted by Crippen LogP contribution is -2.48. The summed E-state index contributed by atoms with van der Waals surface area (Å²) >= 11 is 19.4. The Balaban J connectivity index is 0.000000193. The van der Waals surface area contributed by atoms with E-state index in [0.29, 0.717) is 43.7 Å². The number of aromatic nitrogens is 4. The van der Waals surface area contributed by atoms with Gasteiger partial charge in [0.25, 0.3) is 0 Å². The molecule has 4 fully saturated rings. The molecule has 4 saturated heterocycles. The van der Waals surface area contributed by atoms with Crippen molar-refractivity contribution in [1.82, 2.24) is 38.2 Å². The van der Waals surface area contributed by atoms with Crippen LogP contribution >= 0.6 is 50.7 Å². The van der Waals surface area contributed by atoms with E-state index in [1.165, 1.54) is 30.9 Å². The summed E-state index contributed by atoms with van der Waals surface area (Å²) < 4.78 is 134. The average molecular weight is 1670 g/mol. The summed E-state index contributed by atoms with van der Waals surface area (Å²) in [5.74, 6) is -3.40. The standard InChI is InChI=1S/2C18H21ClFN3O3S.C18H23FN4O3S.C13H20N2O.C5H2BrClFN.CH4/c2*1-18(2,24)13-3-5-14(6-4-13)22-7-9-23(10-8-22)27(25,26)15-11-16(20)17(19)21-12-15;1-18(2,24)13-3-5-14(6-4-13)22-7-9-23(10-8-22)27(25,26)15-11-16(19)17(20)21-12-15;1-13(2,16)11-3-5-12(6-4-11)15-9-7-14-8-10-15;6-3-1-4(8)5(7)9-2-3;/h2*3-6,11-12,24H,7-10H2,1-2H3;3-6,11-12,24H,7-10H2,1-2H3,(H2,20,21);3-6,14,16H,7-10H2,1-2H3;1-2H;1H4. The van der Waals surface area contributed by atoms with E-state index in [-0.39, 0.29) is 82.7 Å². The molecule has 4 aliphatic heterocycles. The molecule has 582 valence electrons. The van der Waals surface area contributed by atoms with Crippen molar-refractivity contribution in [3.8, 4) is 0 Å². The monoisotopic (exact) mass is 1670 g/mol. The van der Waals surface area contributed by atoms with Gasteiger partial charge in [-0.05, 0) is 166 Å². The summed E-state index contributed by atoms with van der Waals surface area (Å²) in [6.07, 6.45) is 4.66. The molecule has 34 heteroatoms. The number of pyridine rings is 4. The summed E-state index contributed by atoms with van der Waals surface area (Å²) in [4.78, 5) is 22.3. The van der Waals surface area contributed by atoms with Gasteiger partial charge in [-0.3, -0.25) is 0 Å². The van der Waals surface area contributed by atoms with Crippen molar-refractivity contribution in [2.45, 2.75) is 99.9 Å². The van der Waals surface area contributed by atoms with Gasteiger partial charge in [0.2, 0.25) is 30.1 Å². The van der Waals surface area contributed by atoms with Gasteiger partial charge in [-0.1, -0.05) is 90.8 Å². The van der Waals surface area contributed by atoms with Crippen LogP contribution in [-0.2, 0) is 52.5 Å². The van der Waals surface area contributed by atoms with E-state index >= 15 is 0 Å². The summed E-state index contributed by atoms with van der Waals surface area (Å²) in [6, 6.07) is 34.8. The molecule has 7 N–H and O–H groups in total. The molecule has 0 unspecified atom stereocenters. The predicted molar refractivity (Wildman–Crippen MR) is 415 cm³/mol. The summed E-state index contributed by atoms with van der Waals surface area (Å²) in [5.41, 5.74) is 9.35. The lowest BCUT2D eigenvalue weighted by molar-refractivity contribution is 0.0780. The number of nitrogens with two attached hydrogens (primary N) is 1. The third-order valence-corrected chi connectivity index (χ3v) is 24.5. The zero-order chi connectivity index (χ0) is 77.9. The number of benzene rings is 4. The minimum atomic E-state index is -3.82. The van der Waals surface area contributed by atoms with Gasteiger partial charge in [-0.2, -0.15) is 12.9 Å². The van der Waals surface area contributed by atoms with Crippen molar-refractivity contribution in [2.24, 2.45) is 0 Å². The van der Waals surface area contributed by atoms with Crippen LogP contribution < -0.4 is 30.7 Å². The van der Waals surface area contributed by atoms with Crippen LogP contribution in [0.4, 0.5) is 46.1 Å². The highest BCUT2D eigenvalue weighted by atomic mass is 79.9. The average Bonchev–Trinajstić information content (AvgIpc) is 0.798. The molecule has 4 aromatic heterocycles. The quantitative estimate of drug-likeness (QED) is 0.0435. The van der Waals surface area contributed by atoms with E-state index in [1.54, 1.807) is 41.5 Å². The van der Waals surface area contributed by atoms with Crippen LogP contribution in [0.1, 0.15) is 85.1 Å². The fraction of sp³-hybridized carbons (Fsp3) is 0.397. The molecular weight excluding hydrogens is 1580 g/mol. The third-order valence-electron chi connectivity index (χ3n) is 17.7. The van der Waals surface area contributed by atoms with Gasteiger partial charge >= 0.3 is 0 Å². The lowest BCUT2D eigenvalue weighted by atomic mass is 9.98. The maximum Gasteiger partial charge on any atom is 0.244 e. The molecule has 8 heterocycles. The molecule has 0 atom stereocenters. The molecular formula is C73H91BrCl3F4N13O10S3. The Morgan fingerprint density at radius 2 is 0.617 bits per heavy atom. The molecule has 23 nitrogen and oxygen atoms in total. The van der Waals surface area contributed by atoms with E-state index < -0.39 is 75.7 Å². The number of aliphatic hydroxyl groups is 4. The van der Waals surface area contributed by atoms with Crippen LogP contribution in [0.3, 0.4) is 0 Å². The number of nitrogen functional groups attached to an aromatic ring is 1. The number of nitrogens with one attached hydrogen (secondary N) is 1. The van der Waals surface area contributed by atoms with Gasteiger partial charge in [0.15, 0.2) is 44.5 Å². The smallest absolute Gasteiger partial charge is 0.244 e. The Morgan fingerprint density at radius 3 is 0.850 bits per heavy atom. The number of hydrogen-bond donors (Lipinski definition) is 6. The topological polar surface area (TPSA) is 296 Å². The van der Waals surface area contributed by atoms with Gasteiger partial charge in [-0.15, -0.1) is 0 Å². The minimum absolute atomic E-state index is 0. The lowest BCUT2D eigenvalue weighted by Gasteiger charge is -2.35. The SMILES string of the molecule is C.CC(C)(O)c1ccc(N2CCN(S(=O)(=O)c3cnc(Cl)c(F)c3)CC2)cc1.CC(C)(O)c1ccc(N2CCN(S(=O)(=O)c3cnc(Cl)c(F)c3)CC2)cc1.CC(C)(O)c1ccc(N2CCN(S(=O)(=O)c3cnc(N)c(F)c3)CC2)cc1.CC(C)(O)c1ccc(N2CCNCC2)cc1.Fc1cc(Br)cnc1Cl. The Labute approximate surface area is 647 Å². The van der Waals surface area contributed by atoms with Crippen LogP contribution in [0.15, 0.2) is 165 Å². The molecule has 0 amide bonds. The second kappa shape index (κ2) is 36.7. The Kier molecular flexibility index (Phi) is 30.0. The highest BCUT2D eigenvalue weighted by Crippen LogP contribution is 2.31. The number of hydrogen-bond acceptors (Lipinski definition) is 20. The number of rotatable bonds is 14. The molecule has 12 rings (SSSR count). The molecule has 0 saturated carbocycles. The molecule has 0 bridgehead atoms.